The molecule has 1 aromatic carbocycles. The van der Waals surface area contributed by atoms with Crippen LogP contribution in [0.5, 0.6) is 5.75 Å². The highest BCUT2D eigenvalue weighted by atomic mass is 16.7. The number of rotatable bonds is 1. The van der Waals surface area contributed by atoms with Crippen molar-refractivity contribution in [1.82, 2.24) is 0 Å². The molecule has 1 heterocycles. The summed E-state index contributed by atoms with van der Waals surface area (Å²) < 4.78 is 4.60. The molecule has 0 radical (unpaired) electrons. The van der Waals surface area contributed by atoms with E-state index in [0.717, 1.165) is 5.56 Å². The van der Waals surface area contributed by atoms with Gasteiger partial charge in [0.15, 0.2) is 0 Å². The Morgan fingerprint density at radius 1 is 1.47 bits per heavy atom. The highest BCUT2D eigenvalue weighted by Crippen LogP contribution is 2.38. The molecular formula is C12H13NO4. The van der Waals surface area contributed by atoms with Crippen molar-refractivity contribution >= 4 is 17.7 Å². The number of carboxylic acid groups (broad SMARTS) is 1. The topological polar surface area (TPSA) is 75.6 Å². The molecule has 0 fully saturated rings. The molecule has 2 N–H and O–H groups in total. The van der Waals surface area contributed by atoms with Crippen molar-refractivity contribution in [3.05, 3.63) is 23.8 Å². The van der Waals surface area contributed by atoms with E-state index in [1.54, 1.807) is 12.1 Å². The lowest BCUT2D eigenvalue weighted by atomic mass is 9.78. The molecule has 5 heteroatoms. The van der Waals surface area contributed by atoms with E-state index in [4.69, 9.17) is 5.11 Å². The van der Waals surface area contributed by atoms with Crippen molar-refractivity contribution in [1.29, 1.82) is 0 Å². The number of amides is 1. The second-order valence-electron chi connectivity index (χ2n) is 4.68. The molecule has 1 amide bonds. The van der Waals surface area contributed by atoms with Gasteiger partial charge in [-0.25, -0.2) is 4.79 Å². The number of carbonyl (C=O) groups excluding carboxylic acids is 1. The van der Waals surface area contributed by atoms with Crippen LogP contribution in [0.3, 0.4) is 0 Å². The van der Waals surface area contributed by atoms with Crippen LogP contribution < -0.4 is 10.1 Å². The van der Waals surface area contributed by atoms with Crippen LogP contribution in [0.1, 0.15) is 25.8 Å². The van der Waals surface area contributed by atoms with Gasteiger partial charge >= 0.3 is 6.16 Å². The molecule has 5 nitrogen and oxygen atoms in total. The molecule has 0 saturated heterocycles. The fraction of sp³-hybridized carbons (Fsp3) is 0.333. The van der Waals surface area contributed by atoms with Crippen LogP contribution in [-0.2, 0) is 10.2 Å². The van der Waals surface area contributed by atoms with Gasteiger partial charge in [0, 0.05) is 17.5 Å². The number of hydrogen-bond acceptors (Lipinski definition) is 3. The first-order valence-electron chi connectivity index (χ1n) is 5.24. The van der Waals surface area contributed by atoms with Gasteiger partial charge in [-0.2, -0.15) is 0 Å². The van der Waals surface area contributed by atoms with E-state index in [1.807, 2.05) is 13.8 Å². The number of anilines is 1. The van der Waals surface area contributed by atoms with Crippen molar-refractivity contribution in [2.24, 2.45) is 0 Å². The summed E-state index contributed by atoms with van der Waals surface area (Å²) in [6.07, 6.45) is -0.973. The number of ether oxygens (including phenoxy) is 1. The highest BCUT2D eigenvalue weighted by Gasteiger charge is 2.32. The number of hydrogen-bond donors (Lipinski definition) is 2. The zero-order chi connectivity index (χ0) is 12.6. The summed E-state index contributed by atoms with van der Waals surface area (Å²) in [7, 11) is 0. The normalized spacial score (nSPS) is 16.9. The quantitative estimate of drug-likeness (QED) is 0.578. The third kappa shape index (κ3) is 2.22. The van der Waals surface area contributed by atoms with Crippen molar-refractivity contribution in [2.45, 2.75) is 25.7 Å². The Labute approximate surface area is 98.4 Å². The zero-order valence-corrected chi connectivity index (χ0v) is 9.61. The molecule has 0 aromatic heterocycles. The maximum atomic E-state index is 11.5. The highest BCUT2D eigenvalue weighted by molar-refractivity contribution is 5.95. The summed E-state index contributed by atoms with van der Waals surface area (Å²) in [4.78, 5) is 21.9. The van der Waals surface area contributed by atoms with E-state index in [9.17, 15) is 9.59 Å². The first-order chi connectivity index (χ1) is 7.88. The molecule has 0 saturated carbocycles. The minimum absolute atomic E-state index is 0.0330. The van der Waals surface area contributed by atoms with Crippen LogP contribution in [0.15, 0.2) is 18.2 Å². The van der Waals surface area contributed by atoms with Gasteiger partial charge in [-0.05, 0) is 23.8 Å². The van der Waals surface area contributed by atoms with Crippen LogP contribution in [-0.4, -0.2) is 17.2 Å². The predicted octanol–water partition coefficient (Wildman–Crippen LogP) is 2.36. The molecule has 0 atom stereocenters. The SMILES string of the molecule is CC1(C)CC(=O)Nc2ccc(OC(=O)O)cc21. The minimum atomic E-state index is -1.34. The van der Waals surface area contributed by atoms with Crippen molar-refractivity contribution in [3.63, 3.8) is 0 Å². The van der Waals surface area contributed by atoms with E-state index in [-0.39, 0.29) is 17.1 Å². The fourth-order valence-corrected chi connectivity index (χ4v) is 2.05. The van der Waals surface area contributed by atoms with Crippen molar-refractivity contribution < 1.29 is 19.4 Å². The van der Waals surface area contributed by atoms with E-state index < -0.39 is 6.16 Å². The van der Waals surface area contributed by atoms with Crippen LogP contribution >= 0.6 is 0 Å². The summed E-state index contributed by atoms with van der Waals surface area (Å²) in [5.74, 6) is 0.231. The van der Waals surface area contributed by atoms with Gasteiger partial charge in [-0.15, -0.1) is 0 Å². The Hall–Kier alpha value is -2.04. The predicted molar refractivity (Wildman–Crippen MR) is 61.4 cm³/mol. The number of nitrogens with one attached hydrogen (secondary N) is 1. The maximum absolute atomic E-state index is 11.5. The molecule has 2 rings (SSSR count). The zero-order valence-electron chi connectivity index (χ0n) is 9.61. The fourth-order valence-electron chi connectivity index (χ4n) is 2.05. The van der Waals surface area contributed by atoms with E-state index in [0.29, 0.717) is 12.1 Å². The molecule has 0 unspecified atom stereocenters. The van der Waals surface area contributed by atoms with Crippen LogP contribution in [0.2, 0.25) is 0 Å². The molecular weight excluding hydrogens is 222 g/mol. The summed E-state index contributed by atoms with van der Waals surface area (Å²) >= 11 is 0. The lowest BCUT2D eigenvalue weighted by Gasteiger charge is -2.32. The van der Waals surface area contributed by atoms with Gasteiger partial charge in [0.1, 0.15) is 5.75 Å². The van der Waals surface area contributed by atoms with Crippen LogP contribution in [0.25, 0.3) is 0 Å². The number of benzene rings is 1. The Morgan fingerprint density at radius 3 is 2.82 bits per heavy atom. The largest absolute Gasteiger partial charge is 0.511 e. The summed E-state index contributed by atoms with van der Waals surface area (Å²) in [5, 5.41) is 11.3. The van der Waals surface area contributed by atoms with Gasteiger partial charge in [0.05, 0.1) is 0 Å². The number of carbonyl (C=O) groups is 2. The Balaban J connectivity index is 2.43. The molecule has 0 bridgehead atoms. The third-order valence-electron chi connectivity index (χ3n) is 2.80. The first-order valence-corrected chi connectivity index (χ1v) is 5.24. The molecule has 0 spiro atoms. The molecule has 0 aliphatic carbocycles. The van der Waals surface area contributed by atoms with Gasteiger partial charge < -0.3 is 15.2 Å². The van der Waals surface area contributed by atoms with Crippen LogP contribution in [0, 0.1) is 0 Å². The third-order valence-corrected chi connectivity index (χ3v) is 2.80. The minimum Gasteiger partial charge on any atom is -0.449 e. The Bertz CT molecular complexity index is 493. The summed E-state index contributed by atoms with van der Waals surface area (Å²) in [6, 6.07) is 4.84. The average Bonchev–Trinajstić information content (AvgIpc) is 2.17. The lowest BCUT2D eigenvalue weighted by molar-refractivity contribution is -0.117. The maximum Gasteiger partial charge on any atom is 0.511 e. The van der Waals surface area contributed by atoms with E-state index in [2.05, 4.69) is 10.1 Å². The molecule has 1 aliphatic heterocycles. The molecule has 17 heavy (non-hydrogen) atoms. The van der Waals surface area contributed by atoms with E-state index in [1.165, 1.54) is 6.07 Å². The monoisotopic (exact) mass is 235 g/mol. The Morgan fingerprint density at radius 2 is 2.18 bits per heavy atom. The van der Waals surface area contributed by atoms with Crippen LogP contribution in [0.4, 0.5) is 10.5 Å². The van der Waals surface area contributed by atoms with Crippen molar-refractivity contribution in [3.8, 4) is 5.75 Å². The second kappa shape index (κ2) is 3.76. The second-order valence-corrected chi connectivity index (χ2v) is 4.68. The Kier molecular flexibility index (Phi) is 2.53. The molecule has 1 aliphatic rings. The first kappa shape index (κ1) is 11.4. The van der Waals surface area contributed by atoms with Gasteiger partial charge in [0.25, 0.3) is 0 Å². The number of fused-ring (bicyclic) bond motifs is 1. The smallest absolute Gasteiger partial charge is 0.449 e. The van der Waals surface area contributed by atoms with Gasteiger partial charge in [-0.1, -0.05) is 13.8 Å². The standard InChI is InChI=1S/C12H13NO4/c1-12(2)6-10(14)13-9-4-3-7(5-8(9)12)17-11(15)16/h3-5H,6H2,1-2H3,(H,13,14)(H,15,16). The summed E-state index contributed by atoms with van der Waals surface area (Å²) in [6.45, 7) is 3.88. The van der Waals surface area contributed by atoms with Crippen molar-refractivity contribution in [2.75, 3.05) is 5.32 Å². The molecule has 1 aromatic rings. The summed E-state index contributed by atoms with van der Waals surface area (Å²) in [5.41, 5.74) is 1.27. The van der Waals surface area contributed by atoms with Gasteiger partial charge in [-0.3, -0.25) is 4.79 Å². The van der Waals surface area contributed by atoms with E-state index >= 15 is 0 Å². The lowest BCUT2D eigenvalue weighted by Crippen LogP contribution is -2.32. The molecule has 90 valence electrons. The van der Waals surface area contributed by atoms with Gasteiger partial charge in [0.2, 0.25) is 5.91 Å². The average molecular weight is 235 g/mol.